The highest BCUT2D eigenvalue weighted by molar-refractivity contribution is 6.63. The Labute approximate surface area is 182 Å². The standard InChI is InChI=1S/C25H37BO4/c1-10-27-16-28-22-20(15-23(3,4)5)19-12-11-17(2)13-18(19)14-21(22)26-29-24(6,7)25(8,9)30-26/h11-14H,10,15-16H2,1-9H3. The van der Waals surface area contributed by atoms with Gasteiger partial charge in [-0.05, 0) is 64.2 Å². The van der Waals surface area contributed by atoms with E-state index in [4.69, 9.17) is 18.8 Å². The number of hydrogen-bond acceptors (Lipinski definition) is 4. The van der Waals surface area contributed by atoms with E-state index in [-0.39, 0.29) is 12.2 Å². The quantitative estimate of drug-likeness (QED) is 0.361. The van der Waals surface area contributed by atoms with Gasteiger partial charge in [0, 0.05) is 17.6 Å². The lowest BCUT2D eigenvalue weighted by molar-refractivity contribution is 0.00578. The van der Waals surface area contributed by atoms with E-state index in [1.54, 1.807) is 0 Å². The highest BCUT2D eigenvalue weighted by Gasteiger charge is 2.52. The van der Waals surface area contributed by atoms with Crippen molar-refractivity contribution in [3.8, 4) is 5.75 Å². The number of rotatable bonds is 6. The second-order valence-electron chi connectivity index (χ2n) is 10.6. The first-order valence-electron chi connectivity index (χ1n) is 11.0. The Kier molecular flexibility index (Phi) is 6.30. The van der Waals surface area contributed by atoms with Gasteiger partial charge >= 0.3 is 7.12 Å². The monoisotopic (exact) mass is 412 g/mol. The fraction of sp³-hybridized carbons (Fsp3) is 0.600. The molecule has 1 saturated heterocycles. The Morgan fingerprint density at radius 1 is 1.00 bits per heavy atom. The lowest BCUT2D eigenvalue weighted by Gasteiger charge is -2.32. The molecule has 1 aliphatic rings. The van der Waals surface area contributed by atoms with Crippen LogP contribution in [0.3, 0.4) is 0 Å². The molecule has 1 aliphatic heterocycles. The molecule has 0 N–H and O–H groups in total. The molecule has 2 aromatic carbocycles. The molecular weight excluding hydrogens is 375 g/mol. The van der Waals surface area contributed by atoms with E-state index in [1.165, 1.54) is 21.9 Å². The number of hydrogen-bond donors (Lipinski definition) is 0. The molecule has 30 heavy (non-hydrogen) atoms. The number of ether oxygens (including phenoxy) is 2. The zero-order chi connectivity index (χ0) is 22.3. The van der Waals surface area contributed by atoms with E-state index in [0.29, 0.717) is 6.61 Å². The second kappa shape index (κ2) is 8.18. The zero-order valence-electron chi connectivity index (χ0n) is 20.1. The number of aryl methyl sites for hydroxylation is 1. The summed E-state index contributed by atoms with van der Waals surface area (Å²) in [6.45, 7) is 20.0. The molecule has 164 valence electrons. The number of fused-ring (bicyclic) bond motifs is 1. The summed E-state index contributed by atoms with van der Waals surface area (Å²) < 4.78 is 24.6. The average Bonchev–Trinajstić information content (AvgIpc) is 2.82. The molecular formula is C25H37BO4. The highest BCUT2D eigenvalue weighted by Crippen LogP contribution is 2.39. The fourth-order valence-corrected chi connectivity index (χ4v) is 3.81. The summed E-state index contributed by atoms with van der Waals surface area (Å²) in [7, 11) is -0.491. The maximum Gasteiger partial charge on any atom is 0.498 e. The van der Waals surface area contributed by atoms with Crippen LogP contribution in [0.25, 0.3) is 10.8 Å². The van der Waals surface area contributed by atoms with Gasteiger partial charge in [0.2, 0.25) is 0 Å². The predicted octanol–water partition coefficient (Wildman–Crippen LogP) is 5.41. The molecule has 0 amide bonds. The lowest BCUT2D eigenvalue weighted by Crippen LogP contribution is -2.41. The van der Waals surface area contributed by atoms with Crippen molar-refractivity contribution in [1.29, 1.82) is 0 Å². The molecule has 0 atom stereocenters. The third-order valence-electron chi connectivity index (χ3n) is 6.08. The average molecular weight is 412 g/mol. The molecule has 0 radical (unpaired) electrons. The van der Waals surface area contributed by atoms with Crippen molar-refractivity contribution < 1.29 is 18.8 Å². The molecule has 0 bridgehead atoms. The highest BCUT2D eigenvalue weighted by atomic mass is 16.7. The predicted molar refractivity (Wildman–Crippen MR) is 125 cm³/mol. The van der Waals surface area contributed by atoms with Gasteiger partial charge in [0.05, 0.1) is 11.2 Å². The van der Waals surface area contributed by atoms with E-state index in [0.717, 1.165) is 17.6 Å². The molecule has 1 heterocycles. The third kappa shape index (κ3) is 4.69. The maximum atomic E-state index is 6.42. The van der Waals surface area contributed by atoms with E-state index in [2.05, 4.69) is 79.7 Å². The molecule has 0 aromatic heterocycles. The molecule has 2 aromatic rings. The summed E-state index contributed by atoms with van der Waals surface area (Å²) in [5, 5.41) is 2.39. The smallest absolute Gasteiger partial charge is 0.468 e. The largest absolute Gasteiger partial charge is 0.498 e. The Balaban J connectivity index is 2.22. The summed E-state index contributed by atoms with van der Waals surface area (Å²) in [6, 6.07) is 8.75. The third-order valence-corrected chi connectivity index (χ3v) is 6.08. The van der Waals surface area contributed by atoms with Gasteiger partial charge in [-0.3, -0.25) is 0 Å². The minimum Gasteiger partial charge on any atom is -0.468 e. The van der Waals surface area contributed by atoms with Crippen molar-refractivity contribution in [2.24, 2.45) is 5.41 Å². The molecule has 0 spiro atoms. The molecule has 4 nitrogen and oxygen atoms in total. The van der Waals surface area contributed by atoms with E-state index >= 15 is 0 Å². The topological polar surface area (TPSA) is 36.9 Å². The van der Waals surface area contributed by atoms with Crippen LogP contribution in [-0.2, 0) is 20.5 Å². The second-order valence-corrected chi connectivity index (χ2v) is 10.6. The summed E-state index contributed by atoms with van der Waals surface area (Å²) in [4.78, 5) is 0. The Morgan fingerprint density at radius 3 is 2.20 bits per heavy atom. The Bertz CT molecular complexity index is 895. The van der Waals surface area contributed by atoms with Gasteiger partial charge in [-0.15, -0.1) is 0 Å². The first-order valence-corrected chi connectivity index (χ1v) is 11.0. The first-order chi connectivity index (χ1) is 13.8. The van der Waals surface area contributed by atoms with Crippen molar-refractivity contribution in [2.45, 2.75) is 79.9 Å². The minimum atomic E-state index is -0.491. The van der Waals surface area contributed by atoms with Gasteiger partial charge in [0.25, 0.3) is 0 Å². The molecule has 1 fully saturated rings. The van der Waals surface area contributed by atoms with Crippen LogP contribution in [0, 0.1) is 12.3 Å². The van der Waals surface area contributed by atoms with Gasteiger partial charge in [0.1, 0.15) is 5.75 Å². The maximum absolute atomic E-state index is 6.42. The van der Waals surface area contributed by atoms with Gasteiger partial charge in [0.15, 0.2) is 6.79 Å². The first kappa shape index (κ1) is 23.1. The van der Waals surface area contributed by atoms with Crippen LogP contribution >= 0.6 is 0 Å². The molecule has 5 heteroatoms. The minimum absolute atomic E-state index is 0.0933. The van der Waals surface area contributed by atoms with Crippen molar-refractivity contribution in [3.63, 3.8) is 0 Å². The summed E-state index contributed by atoms with van der Waals surface area (Å²) in [6.07, 6.45) is 0.876. The van der Waals surface area contributed by atoms with Gasteiger partial charge in [-0.1, -0.05) is 50.6 Å². The van der Waals surface area contributed by atoms with Crippen molar-refractivity contribution >= 4 is 23.4 Å². The SMILES string of the molecule is CCOCOc1c(B2OC(C)(C)C(C)(C)O2)cc2cc(C)ccc2c1CC(C)(C)C. The van der Waals surface area contributed by atoms with E-state index in [1.807, 2.05) is 6.92 Å². The molecule has 0 aliphatic carbocycles. The molecule has 0 unspecified atom stereocenters. The lowest BCUT2D eigenvalue weighted by atomic mass is 9.74. The van der Waals surface area contributed by atoms with E-state index < -0.39 is 18.3 Å². The van der Waals surface area contributed by atoms with Gasteiger partial charge < -0.3 is 18.8 Å². The van der Waals surface area contributed by atoms with Gasteiger partial charge in [-0.2, -0.15) is 0 Å². The van der Waals surface area contributed by atoms with Crippen LogP contribution in [0.2, 0.25) is 0 Å². The van der Waals surface area contributed by atoms with Crippen molar-refractivity contribution in [3.05, 3.63) is 35.4 Å². The van der Waals surface area contributed by atoms with Crippen LogP contribution < -0.4 is 10.2 Å². The van der Waals surface area contributed by atoms with Crippen LogP contribution in [0.15, 0.2) is 24.3 Å². The summed E-state index contributed by atoms with van der Waals surface area (Å²) >= 11 is 0. The van der Waals surface area contributed by atoms with Crippen LogP contribution in [-0.4, -0.2) is 31.7 Å². The van der Waals surface area contributed by atoms with Crippen LogP contribution in [0.4, 0.5) is 0 Å². The molecule has 0 saturated carbocycles. The molecule has 3 rings (SSSR count). The summed E-state index contributed by atoms with van der Waals surface area (Å²) in [5.41, 5.74) is 2.61. The summed E-state index contributed by atoms with van der Waals surface area (Å²) in [5.74, 6) is 0.827. The van der Waals surface area contributed by atoms with Crippen LogP contribution in [0.1, 0.15) is 66.5 Å². The van der Waals surface area contributed by atoms with Crippen molar-refractivity contribution in [2.75, 3.05) is 13.4 Å². The Morgan fingerprint density at radius 2 is 1.63 bits per heavy atom. The van der Waals surface area contributed by atoms with Crippen molar-refractivity contribution in [1.82, 2.24) is 0 Å². The van der Waals surface area contributed by atoms with E-state index in [9.17, 15) is 0 Å². The number of benzene rings is 2. The van der Waals surface area contributed by atoms with Crippen LogP contribution in [0.5, 0.6) is 5.75 Å². The van der Waals surface area contributed by atoms with Gasteiger partial charge in [-0.25, -0.2) is 0 Å². The zero-order valence-corrected chi connectivity index (χ0v) is 20.1. The fourth-order valence-electron chi connectivity index (χ4n) is 3.81. The Hall–Kier alpha value is -1.56. The normalized spacial score (nSPS) is 18.2.